The van der Waals surface area contributed by atoms with Crippen LogP contribution >= 0.6 is 0 Å². The van der Waals surface area contributed by atoms with Crippen LogP contribution in [0.5, 0.6) is 5.75 Å². The van der Waals surface area contributed by atoms with Crippen LogP contribution in [0.2, 0.25) is 0 Å². The van der Waals surface area contributed by atoms with Crippen LogP contribution in [0.4, 0.5) is 4.39 Å². The molecule has 0 fully saturated rings. The Morgan fingerprint density at radius 1 is 0.920 bits per heavy atom. The summed E-state index contributed by atoms with van der Waals surface area (Å²) < 4.78 is 18.9. The van der Waals surface area contributed by atoms with E-state index in [1.807, 2.05) is 36.4 Å². The van der Waals surface area contributed by atoms with Crippen molar-refractivity contribution in [2.45, 2.75) is 13.0 Å². The van der Waals surface area contributed by atoms with Crippen molar-refractivity contribution in [1.82, 2.24) is 0 Å². The summed E-state index contributed by atoms with van der Waals surface area (Å²) in [5.74, 6) is -0.699. The van der Waals surface area contributed by atoms with Crippen molar-refractivity contribution < 1.29 is 19.0 Å². The highest BCUT2D eigenvalue weighted by molar-refractivity contribution is 5.74. The molecule has 0 atom stereocenters. The zero-order valence-electron chi connectivity index (χ0n) is 13.5. The summed E-state index contributed by atoms with van der Waals surface area (Å²) in [5, 5.41) is 9.17. The maximum absolute atomic E-state index is 13.1. The lowest BCUT2D eigenvalue weighted by Gasteiger charge is -2.13. The third-order valence-corrected chi connectivity index (χ3v) is 3.82. The van der Waals surface area contributed by atoms with E-state index in [4.69, 9.17) is 9.84 Å². The highest BCUT2D eigenvalue weighted by Gasteiger charge is 2.11. The molecule has 3 aromatic rings. The predicted octanol–water partition coefficient (Wildman–Crippen LogP) is 4.70. The summed E-state index contributed by atoms with van der Waals surface area (Å²) >= 11 is 0. The van der Waals surface area contributed by atoms with Gasteiger partial charge in [0.1, 0.15) is 18.2 Å². The minimum absolute atomic E-state index is 0.140. The average Bonchev–Trinajstić information content (AvgIpc) is 2.62. The molecule has 126 valence electrons. The van der Waals surface area contributed by atoms with Crippen LogP contribution < -0.4 is 4.74 Å². The van der Waals surface area contributed by atoms with Crippen molar-refractivity contribution in [2.24, 2.45) is 0 Å². The molecule has 3 aromatic carbocycles. The van der Waals surface area contributed by atoms with E-state index in [2.05, 4.69) is 0 Å². The van der Waals surface area contributed by atoms with Gasteiger partial charge in [0.2, 0.25) is 0 Å². The molecule has 1 N–H and O–H groups in total. The van der Waals surface area contributed by atoms with E-state index in [0.717, 1.165) is 16.7 Å². The van der Waals surface area contributed by atoms with E-state index in [1.165, 1.54) is 12.1 Å². The van der Waals surface area contributed by atoms with Crippen molar-refractivity contribution in [1.29, 1.82) is 0 Å². The van der Waals surface area contributed by atoms with Gasteiger partial charge in [-0.1, -0.05) is 48.5 Å². The Kier molecular flexibility index (Phi) is 5.09. The second kappa shape index (κ2) is 7.62. The second-order valence-electron chi connectivity index (χ2n) is 5.67. The Balaban J connectivity index is 1.86. The van der Waals surface area contributed by atoms with Gasteiger partial charge in [-0.2, -0.15) is 0 Å². The number of rotatable bonds is 6. The Labute approximate surface area is 145 Å². The summed E-state index contributed by atoms with van der Waals surface area (Å²) in [7, 11) is 0. The topological polar surface area (TPSA) is 46.5 Å². The quantitative estimate of drug-likeness (QED) is 0.710. The van der Waals surface area contributed by atoms with Gasteiger partial charge < -0.3 is 9.84 Å². The van der Waals surface area contributed by atoms with E-state index in [-0.39, 0.29) is 12.2 Å². The first kappa shape index (κ1) is 16.7. The predicted molar refractivity (Wildman–Crippen MR) is 93.9 cm³/mol. The van der Waals surface area contributed by atoms with Crippen LogP contribution in [-0.2, 0) is 17.8 Å². The number of hydrogen-bond donors (Lipinski definition) is 1. The summed E-state index contributed by atoms with van der Waals surface area (Å²) in [5.41, 5.74) is 3.24. The second-order valence-corrected chi connectivity index (χ2v) is 5.67. The van der Waals surface area contributed by atoms with Crippen molar-refractivity contribution in [3.63, 3.8) is 0 Å². The Bertz CT molecular complexity index is 858. The van der Waals surface area contributed by atoms with Crippen LogP contribution in [0.25, 0.3) is 11.1 Å². The van der Waals surface area contributed by atoms with Gasteiger partial charge in [0, 0.05) is 5.56 Å². The number of carboxylic acids is 1. The third kappa shape index (κ3) is 4.44. The molecule has 0 amide bonds. The molecule has 0 spiro atoms. The standard InChI is InChI=1S/C21H17FO3/c22-19-9-6-16(7-10-19)17-8-11-20(18(12-17)13-21(23)24)25-14-15-4-2-1-3-5-15/h1-12H,13-14H2,(H,23,24). The summed E-state index contributed by atoms with van der Waals surface area (Å²) in [4.78, 5) is 11.2. The first-order valence-electron chi connectivity index (χ1n) is 7.89. The minimum Gasteiger partial charge on any atom is -0.489 e. The number of carbonyl (C=O) groups is 1. The van der Waals surface area contributed by atoms with Crippen molar-refractivity contribution in [2.75, 3.05) is 0 Å². The molecule has 25 heavy (non-hydrogen) atoms. The normalized spacial score (nSPS) is 10.4. The molecule has 0 saturated heterocycles. The van der Waals surface area contributed by atoms with Crippen LogP contribution in [0.1, 0.15) is 11.1 Å². The molecular weight excluding hydrogens is 319 g/mol. The zero-order chi connectivity index (χ0) is 17.6. The number of benzene rings is 3. The maximum atomic E-state index is 13.1. The summed E-state index contributed by atoms with van der Waals surface area (Å²) in [6, 6.07) is 21.2. The van der Waals surface area contributed by atoms with Gasteiger partial charge in [-0.05, 0) is 41.0 Å². The maximum Gasteiger partial charge on any atom is 0.307 e. The molecule has 0 aromatic heterocycles. The summed E-state index contributed by atoms with van der Waals surface area (Å²) in [6.07, 6.45) is -0.140. The minimum atomic E-state index is -0.930. The molecule has 3 nitrogen and oxygen atoms in total. The number of halogens is 1. The van der Waals surface area contributed by atoms with E-state index >= 15 is 0 Å². The Morgan fingerprint density at radius 2 is 1.60 bits per heavy atom. The number of ether oxygens (including phenoxy) is 1. The smallest absolute Gasteiger partial charge is 0.307 e. The van der Waals surface area contributed by atoms with Crippen molar-refractivity contribution in [3.05, 3.63) is 89.7 Å². The van der Waals surface area contributed by atoms with Crippen LogP contribution in [0.3, 0.4) is 0 Å². The third-order valence-electron chi connectivity index (χ3n) is 3.82. The average molecular weight is 336 g/mol. The molecule has 0 heterocycles. The van der Waals surface area contributed by atoms with Gasteiger partial charge in [-0.25, -0.2) is 4.39 Å². The lowest BCUT2D eigenvalue weighted by Crippen LogP contribution is -2.04. The molecule has 0 aliphatic rings. The molecule has 0 radical (unpaired) electrons. The van der Waals surface area contributed by atoms with E-state index < -0.39 is 5.97 Å². The lowest BCUT2D eigenvalue weighted by atomic mass is 10.0. The zero-order valence-corrected chi connectivity index (χ0v) is 13.5. The van der Waals surface area contributed by atoms with Crippen molar-refractivity contribution >= 4 is 5.97 Å². The van der Waals surface area contributed by atoms with Crippen LogP contribution in [0.15, 0.2) is 72.8 Å². The fourth-order valence-electron chi connectivity index (χ4n) is 2.58. The van der Waals surface area contributed by atoms with Gasteiger partial charge >= 0.3 is 5.97 Å². The van der Waals surface area contributed by atoms with Gasteiger partial charge in [-0.15, -0.1) is 0 Å². The van der Waals surface area contributed by atoms with Gasteiger partial charge in [0.15, 0.2) is 0 Å². The molecule has 0 bridgehead atoms. The lowest BCUT2D eigenvalue weighted by molar-refractivity contribution is -0.136. The molecule has 3 rings (SSSR count). The van der Waals surface area contributed by atoms with Gasteiger partial charge in [-0.3, -0.25) is 4.79 Å². The SMILES string of the molecule is O=C(O)Cc1cc(-c2ccc(F)cc2)ccc1OCc1ccccc1. The summed E-state index contributed by atoms with van der Waals surface area (Å²) in [6.45, 7) is 0.364. The first-order valence-corrected chi connectivity index (χ1v) is 7.89. The van der Waals surface area contributed by atoms with E-state index in [0.29, 0.717) is 17.9 Å². The van der Waals surface area contributed by atoms with Crippen molar-refractivity contribution in [3.8, 4) is 16.9 Å². The molecule has 4 heteroatoms. The number of hydrogen-bond acceptors (Lipinski definition) is 2. The number of carboxylic acid groups (broad SMARTS) is 1. The largest absolute Gasteiger partial charge is 0.489 e. The molecular formula is C21H17FO3. The van der Waals surface area contributed by atoms with Crippen LogP contribution in [0, 0.1) is 5.82 Å². The van der Waals surface area contributed by atoms with Crippen LogP contribution in [-0.4, -0.2) is 11.1 Å². The number of aliphatic carboxylic acids is 1. The van der Waals surface area contributed by atoms with E-state index in [9.17, 15) is 9.18 Å². The Hall–Kier alpha value is -3.14. The Morgan fingerprint density at radius 3 is 2.28 bits per heavy atom. The molecule has 0 unspecified atom stereocenters. The molecule has 0 saturated carbocycles. The molecule has 0 aliphatic carbocycles. The fraction of sp³-hybridized carbons (Fsp3) is 0.0952. The monoisotopic (exact) mass is 336 g/mol. The highest BCUT2D eigenvalue weighted by Crippen LogP contribution is 2.28. The van der Waals surface area contributed by atoms with E-state index in [1.54, 1.807) is 24.3 Å². The first-order chi connectivity index (χ1) is 12.1. The highest BCUT2D eigenvalue weighted by atomic mass is 19.1. The molecule has 0 aliphatic heterocycles. The van der Waals surface area contributed by atoms with Gasteiger partial charge in [0.05, 0.1) is 6.42 Å². The van der Waals surface area contributed by atoms with Gasteiger partial charge in [0.25, 0.3) is 0 Å². The fourth-order valence-corrected chi connectivity index (χ4v) is 2.58.